The van der Waals surface area contributed by atoms with Crippen molar-refractivity contribution >= 4 is 19.1 Å². The molecule has 0 N–H and O–H groups in total. The minimum absolute atomic E-state index is 0.188. The predicted octanol–water partition coefficient (Wildman–Crippen LogP) is 2.58. The van der Waals surface area contributed by atoms with Crippen LogP contribution >= 0.6 is 11.1 Å². The summed E-state index contributed by atoms with van der Waals surface area (Å²) in [6.07, 6.45) is 0. The lowest BCUT2D eigenvalue weighted by molar-refractivity contribution is 0.437. The van der Waals surface area contributed by atoms with Crippen LogP contribution in [0.3, 0.4) is 0 Å². The van der Waals surface area contributed by atoms with E-state index in [1.165, 1.54) is 0 Å². The molecule has 0 radical (unpaired) electrons. The third-order valence-corrected chi connectivity index (χ3v) is 5.00. The molecule has 54 valence electrons. The van der Waals surface area contributed by atoms with Gasteiger partial charge >= 0.3 is 7.99 Å². The lowest BCUT2D eigenvalue weighted by atomic mass is 9.99. The molecule has 3 heteroatoms. The van der Waals surface area contributed by atoms with Gasteiger partial charge in [0, 0.05) is 5.04 Å². The lowest BCUT2D eigenvalue weighted by Crippen LogP contribution is -2.20. The van der Waals surface area contributed by atoms with Crippen LogP contribution in [0.25, 0.3) is 0 Å². The van der Waals surface area contributed by atoms with Gasteiger partial charge in [-0.15, -0.1) is 0 Å². The van der Waals surface area contributed by atoms with E-state index >= 15 is 0 Å². The smallest absolute Gasteiger partial charge is 0.367 e. The van der Waals surface area contributed by atoms with E-state index in [4.69, 9.17) is 11.1 Å². The summed E-state index contributed by atoms with van der Waals surface area (Å²) >= 11 is 5.51. The van der Waals surface area contributed by atoms with E-state index in [2.05, 4.69) is 0 Å². The van der Waals surface area contributed by atoms with Crippen molar-refractivity contribution in [3.8, 4) is 0 Å². The van der Waals surface area contributed by atoms with Gasteiger partial charge in [0.15, 0.2) is 0 Å². The third kappa shape index (κ3) is 2.18. The number of rotatable bonds is 2. The van der Waals surface area contributed by atoms with Crippen LogP contribution in [0.2, 0.25) is 5.04 Å². The lowest BCUT2D eigenvalue weighted by Gasteiger charge is -2.22. The van der Waals surface area contributed by atoms with Crippen LogP contribution in [-0.4, -0.2) is 7.99 Å². The molecule has 0 spiro atoms. The first-order valence-corrected chi connectivity index (χ1v) is 5.51. The molecular weight excluding hydrogens is 152 g/mol. The summed E-state index contributed by atoms with van der Waals surface area (Å²) in [5.74, 6) is 0.390. The largest absolute Gasteiger partial charge is 0.389 e. The van der Waals surface area contributed by atoms with Crippen molar-refractivity contribution in [2.45, 2.75) is 32.7 Å². The van der Waals surface area contributed by atoms with Gasteiger partial charge in [-0.05, 0) is 5.92 Å². The number of hydrogen-bond donors (Lipinski definition) is 0. The normalized spacial score (nSPS) is 12.2. The Bertz CT molecular complexity index is 120. The van der Waals surface area contributed by atoms with Crippen molar-refractivity contribution in [2.24, 2.45) is 5.92 Å². The zero-order valence-corrected chi connectivity index (χ0v) is 8.12. The van der Waals surface area contributed by atoms with Crippen molar-refractivity contribution in [1.82, 2.24) is 0 Å². The Hall–Kier alpha value is 0.307. The van der Waals surface area contributed by atoms with Gasteiger partial charge in [0.2, 0.25) is 0 Å². The molecule has 0 aliphatic carbocycles. The Kier molecular flexibility index (Phi) is 3.03. The van der Waals surface area contributed by atoms with Crippen molar-refractivity contribution < 1.29 is 4.46 Å². The molecular formula is C6H13ClOSi. The molecule has 0 rings (SSSR count). The molecule has 0 amide bonds. The molecule has 0 heterocycles. The Morgan fingerprint density at radius 1 is 1.44 bits per heavy atom. The van der Waals surface area contributed by atoms with Crippen LogP contribution in [-0.2, 0) is 4.46 Å². The number of halogens is 1. The molecule has 0 bridgehead atoms. The average molecular weight is 165 g/mol. The van der Waals surface area contributed by atoms with Crippen molar-refractivity contribution in [1.29, 1.82) is 0 Å². The Morgan fingerprint density at radius 3 is 1.78 bits per heavy atom. The van der Waals surface area contributed by atoms with E-state index in [1.54, 1.807) is 0 Å². The first-order valence-electron chi connectivity index (χ1n) is 3.09. The second-order valence-electron chi connectivity index (χ2n) is 3.15. The van der Waals surface area contributed by atoms with Crippen LogP contribution in [0.15, 0.2) is 0 Å². The van der Waals surface area contributed by atoms with E-state index in [-0.39, 0.29) is 5.04 Å². The minimum Gasteiger partial charge on any atom is -0.367 e. The topological polar surface area (TPSA) is 17.1 Å². The SMILES string of the molecule is CC(C)C(C)(C)[Si](=O)Cl. The Labute approximate surface area is 62.8 Å². The molecule has 9 heavy (non-hydrogen) atoms. The second kappa shape index (κ2) is 2.93. The van der Waals surface area contributed by atoms with Crippen molar-refractivity contribution in [3.05, 3.63) is 0 Å². The van der Waals surface area contributed by atoms with Gasteiger partial charge in [-0.25, -0.2) is 0 Å². The highest BCUT2D eigenvalue weighted by Crippen LogP contribution is 2.35. The standard InChI is InChI=1S/C6H13ClOSi/c1-5(2)6(3,4)9(7)8/h5H,1-4H3. The summed E-state index contributed by atoms with van der Waals surface area (Å²) in [7, 11) is -1.89. The highest BCUT2D eigenvalue weighted by Gasteiger charge is 2.31. The average Bonchev–Trinajstić information content (AvgIpc) is 1.65. The van der Waals surface area contributed by atoms with E-state index in [1.807, 2.05) is 27.7 Å². The highest BCUT2D eigenvalue weighted by atomic mass is 35.6. The first kappa shape index (κ1) is 9.31. The zero-order valence-electron chi connectivity index (χ0n) is 6.36. The molecule has 0 aromatic heterocycles. The highest BCUT2D eigenvalue weighted by molar-refractivity contribution is 6.99. The van der Waals surface area contributed by atoms with Crippen LogP contribution < -0.4 is 0 Å². The monoisotopic (exact) mass is 164 g/mol. The van der Waals surface area contributed by atoms with Crippen LogP contribution in [0.1, 0.15) is 27.7 Å². The van der Waals surface area contributed by atoms with Gasteiger partial charge in [0.05, 0.1) is 0 Å². The summed E-state index contributed by atoms with van der Waals surface area (Å²) < 4.78 is 10.9. The molecule has 1 nitrogen and oxygen atoms in total. The summed E-state index contributed by atoms with van der Waals surface area (Å²) in [4.78, 5) is 0. The van der Waals surface area contributed by atoms with E-state index in [9.17, 15) is 4.46 Å². The maximum Gasteiger partial charge on any atom is 0.389 e. The fourth-order valence-corrected chi connectivity index (χ4v) is 1.34. The molecule has 0 unspecified atom stereocenters. The van der Waals surface area contributed by atoms with Crippen molar-refractivity contribution in [2.75, 3.05) is 0 Å². The van der Waals surface area contributed by atoms with Gasteiger partial charge in [-0.3, -0.25) is 0 Å². The van der Waals surface area contributed by atoms with Crippen LogP contribution in [0.5, 0.6) is 0 Å². The van der Waals surface area contributed by atoms with E-state index in [0.717, 1.165) is 0 Å². The zero-order chi connectivity index (χ0) is 7.65. The molecule has 0 aromatic rings. The predicted molar refractivity (Wildman–Crippen MR) is 41.2 cm³/mol. The molecule has 0 aromatic carbocycles. The minimum atomic E-state index is -1.89. The molecule has 0 saturated heterocycles. The van der Waals surface area contributed by atoms with Gasteiger partial charge < -0.3 is 4.46 Å². The molecule has 0 fully saturated rings. The quantitative estimate of drug-likeness (QED) is 0.453. The van der Waals surface area contributed by atoms with Crippen LogP contribution in [0.4, 0.5) is 0 Å². The summed E-state index contributed by atoms with van der Waals surface area (Å²) in [5.41, 5.74) is 0. The summed E-state index contributed by atoms with van der Waals surface area (Å²) in [5, 5.41) is -0.188. The Balaban J connectivity index is 4.19. The molecule has 0 saturated carbocycles. The summed E-state index contributed by atoms with van der Waals surface area (Å²) in [6, 6.07) is 0. The Morgan fingerprint density at radius 2 is 1.78 bits per heavy atom. The maximum atomic E-state index is 10.9. The van der Waals surface area contributed by atoms with Gasteiger partial charge in [-0.1, -0.05) is 38.8 Å². The number of hydrogen-bond acceptors (Lipinski definition) is 1. The molecule has 0 atom stereocenters. The van der Waals surface area contributed by atoms with Gasteiger partial charge in [0.25, 0.3) is 0 Å². The summed E-state index contributed by atoms with van der Waals surface area (Å²) in [6.45, 7) is 7.94. The van der Waals surface area contributed by atoms with Gasteiger partial charge in [0.1, 0.15) is 0 Å². The van der Waals surface area contributed by atoms with E-state index in [0.29, 0.717) is 5.92 Å². The molecule has 0 aliphatic rings. The fourth-order valence-electron chi connectivity index (χ4n) is 0.227. The van der Waals surface area contributed by atoms with E-state index < -0.39 is 7.99 Å². The third-order valence-electron chi connectivity index (χ3n) is 1.95. The van der Waals surface area contributed by atoms with Crippen LogP contribution in [0, 0.1) is 5.92 Å². The first-order chi connectivity index (χ1) is 3.89. The fraction of sp³-hybridized carbons (Fsp3) is 1.00. The molecule has 0 aliphatic heterocycles. The maximum absolute atomic E-state index is 10.9. The van der Waals surface area contributed by atoms with Crippen molar-refractivity contribution in [3.63, 3.8) is 0 Å². The van der Waals surface area contributed by atoms with Gasteiger partial charge in [-0.2, -0.15) is 0 Å². The second-order valence-corrected chi connectivity index (χ2v) is 6.02.